The van der Waals surface area contributed by atoms with Gasteiger partial charge in [-0.05, 0) is 24.8 Å². The fourth-order valence-corrected chi connectivity index (χ4v) is 1.66. The maximum absolute atomic E-state index is 11.5. The van der Waals surface area contributed by atoms with Gasteiger partial charge in [0.1, 0.15) is 0 Å². The minimum absolute atomic E-state index is 0.313. The Morgan fingerprint density at radius 2 is 2.38 bits per heavy atom. The average molecular weight is 178 g/mol. The first kappa shape index (κ1) is 10.2. The molecule has 0 aromatic carbocycles. The van der Waals surface area contributed by atoms with Crippen LogP contribution in [0.5, 0.6) is 0 Å². The summed E-state index contributed by atoms with van der Waals surface area (Å²) in [7, 11) is 0. The normalized spacial score (nSPS) is 20.5. The van der Waals surface area contributed by atoms with Crippen LogP contribution in [0.1, 0.15) is 39.5 Å². The molecule has 1 aliphatic carbocycles. The molecule has 0 aliphatic heterocycles. The molecule has 1 rings (SSSR count). The van der Waals surface area contributed by atoms with Gasteiger partial charge < -0.3 is 0 Å². The average Bonchev–Trinajstić information content (AvgIpc) is 2.15. The van der Waals surface area contributed by atoms with Crippen molar-refractivity contribution in [3.8, 4) is 0 Å². The lowest BCUT2D eigenvalue weighted by atomic mass is 9.89. The summed E-state index contributed by atoms with van der Waals surface area (Å²) in [6, 6.07) is 0. The Morgan fingerprint density at radius 1 is 1.62 bits per heavy atom. The Balaban J connectivity index is 2.63. The molecule has 0 amide bonds. The maximum Gasteiger partial charge on any atom is 0.159 e. The highest BCUT2D eigenvalue weighted by Crippen LogP contribution is 2.21. The first-order valence-corrected chi connectivity index (χ1v) is 5.15. The molecule has 0 saturated carbocycles. The zero-order valence-corrected chi connectivity index (χ0v) is 8.55. The molecule has 1 atom stereocenters. The smallest absolute Gasteiger partial charge is 0.159 e. The highest BCUT2D eigenvalue weighted by Gasteiger charge is 2.16. The number of hydrogen-bond acceptors (Lipinski definition) is 1. The molecule has 0 aromatic rings. The summed E-state index contributed by atoms with van der Waals surface area (Å²) >= 11 is 0. The highest BCUT2D eigenvalue weighted by molar-refractivity contribution is 5.96. The zero-order chi connectivity index (χ0) is 9.68. The van der Waals surface area contributed by atoms with E-state index in [1.165, 1.54) is 0 Å². The third-order valence-electron chi connectivity index (χ3n) is 2.45. The minimum Gasteiger partial charge on any atom is -0.295 e. The van der Waals surface area contributed by atoms with Crippen LogP contribution in [0.15, 0.2) is 23.8 Å². The number of rotatable bonds is 3. The number of carbonyl (C=O) groups excluding carboxylic acids is 1. The second-order valence-electron chi connectivity index (χ2n) is 3.60. The van der Waals surface area contributed by atoms with Gasteiger partial charge in [-0.3, -0.25) is 4.79 Å². The van der Waals surface area contributed by atoms with Gasteiger partial charge in [0.25, 0.3) is 0 Å². The summed E-state index contributed by atoms with van der Waals surface area (Å²) in [5.41, 5.74) is 1.02. The van der Waals surface area contributed by atoms with E-state index < -0.39 is 0 Å². The van der Waals surface area contributed by atoms with Gasteiger partial charge in [0.05, 0.1) is 0 Å². The van der Waals surface area contributed by atoms with E-state index in [-0.39, 0.29) is 0 Å². The fraction of sp³-hybridized carbons (Fsp3) is 0.583. The van der Waals surface area contributed by atoms with Gasteiger partial charge in [-0.1, -0.05) is 32.1 Å². The largest absolute Gasteiger partial charge is 0.295 e. The van der Waals surface area contributed by atoms with Crippen LogP contribution in [0.4, 0.5) is 0 Å². The van der Waals surface area contributed by atoms with E-state index in [9.17, 15) is 4.79 Å². The van der Waals surface area contributed by atoms with Crippen LogP contribution in [0.25, 0.3) is 0 Å². The van der Waals surface area contributed by atoms with Gasteiger partial charge >= 0.3 is 0 Å². The standard InChI is InChI=1S/C12H18O/c1-3-4-7-10(2)11-8-5-6-9-12(11)13/h4,7-8,10H,3,5-6,9H2,1-2H3/b7-4-/t10-/m1/s1. The van der Waals surface area contributed by atoms with Crippen molar-refractivity contribution in [1.29, 1.82) is 0 Å². The topological polar surface area (TPSA) is 17.1 Å². The monoisotopic (exact) mass is 178 g/mol. The minimum atomic E-state index is 0.313. The van der Waals surface area contributed by atoms with Gasteiger partial charge in [0.15, 0.2) is 5.78 Å². The van der Waals surface area contributed by atoms with E-state index in [0.717, 1.165) is 31.3 Å². The van der Waals surface area contributed by atoms with E-state index in [1.54, 1.807) is 0 Å². The van der Waals surface area contributed by atoms with Crippen molar-refractivity contribution < 1.29 is 4.79 Å². The summed E-state index contributed by atoms with van der Waals surface area (Å²) < 4.78 is 0. The van der Waals surface area contributed by atoms with E-state index in [0.29, 0.717) is 11.7 Å². The van der Waals surface area contributed by atoms with Gasteiger partial charge in [-0.25, -0.2) is 0 Å². The molecule has 72 valence electrons. The first-order valence-electron chi connectivity index (χ1n) is 5.15. The maximum atomic E-state index is 11.5. The Kier molecular flexibility index (Phi) is 3.94. The van der Waals surface area contributed by atoms with Crippen molar-refractivity contribution in [2.45, 2.75) is 39.5 Å². The van der Waals surface area contributed by atoms with Crippen LogP contribution in [0.2, 0.25) is 0 Å². The molecular formula is C12H18O. The van der Waals surface area contributed by atoms with Crippen molar-refractivity contribution in [1.82, 2.24) is 0 Å². The lowest BCUT2D eigenvalue weighted by Crippen LogP contribution is -2.12. The van der Waals surface area contributed by atoms with E-state index in [4.69, 9.17) is 0 Å². The van der Waals surface area contributed by atoms with Crippen molar-refractivity contribution >= 4 is 5.78 Å². The second-order valence-corrected chi connectivity index (χ2v) is 3.60. The summed E-state index contributed by atoms with van der Waals surface area (Å²) in [5.74, 6) is 0.659. The molecule has 1 aliphatic rings. The number of Topliss-reactive ketones (excluding diaryl/α,β-unsaturated/α-hetero) is 1. The Hall–Kier alpha value is -0.850. The van der Waals surface area contributed by atoms with Crippen LogP contribution < -0.4 is 0 Å². The second kappa shape index (κ2) is 5.00. The molecule has 0 heterocycles. The van der Waals surface area contributed by atoms with Crippen LogP contribution in [0.3, 0.4) is 0 Å². The molecule has 1 heteroatoms. The number of hydrogen-bond donors (Lipinski definition) is 0. The van der Waals surface area contributed by atoms with Crippen molar-refractivity contribution in [2.24, 2.45) is 5.92 Å². The molecule has 0 unspecified atom stereocenters. The molecule has 0 aromatic heterocycles. The Morgan fingerprint density at radius 3 is 3.00 bits per heavy atom. The third kappa shape index (κ3) is 2.83. The summed E-state index contributed by atoms with van der Waals surface area (Å²) in [6.45, 7) is 4.21. The van der Waals surface area contributed by atoms with Crippen molar-refractivity contribution in [3.63, 3.8) is 0 Å². The van der Waals surface area contributed by atoms with Gasteiger partial charge in [0, 0.05) is 12.3 Å². The molecule has 13 heavy (non-hydrogen) atoms. The van der Waals surface area contributed by atoms with Gasteiger partial charge in [-0.15, -0.1) is 0 Å². The molecular weight excluding hydrogens is 160 g/mol. The first-order chi connectivity index (χ1) is 6.25. The van der Waals surface area contributed by atoms with Crippen LogP contribution in [-0.4, -0.2) is 5.78 Å². The molecule has 0 radical (unpaired) electrons. The SMILES string of the molecule is CC/C=C\[C@@H](C)C1=CCCCC1=O. The molecule has 1 nitrogen and oxygen atoms in total. The van der Waals surface area contributed by atoms with E-state index in [2.05, 4.69) is 32.1 Å². The fourth-order valence-electron chi connectivity index (χ4n) is 1.66. The summed E-state index contributed by atoms with van der Waals surface area (Å²) in [4.78, 5) is 11.5. The van der Waals surface area contributed by atoms with E-state index in [1.807, 2.05) is 0 Å². The van der Waals surface area contributed by atoms with Crippen molar-refractivity contribution in [2.75, 3.05) is 0 Å². The quantitative estimate of drug-likeness (QED) is 0.606. The van der Waals surface area contributed by atoms with Gasteiger partial charge in [-0.2, -0.15) is 0 Å². The number of allylic oxidation sites excluding steroid dienone is 4. The molecule has 0 fully saturated rings. The lowest BCUT2D eigenvalue weighted by Gasteiger charge is -2.15. The summed E-state index contributed by atoms with van der Waals surface area (Å²) in [6.07, 6.45) is 10.3. The summed E-state index contributed by atoms with van der Waals surface area (Å²) in [5, 5.41) is 0. The number of ketones is 1. The zero-order valence-electron chi connectivity index (χ0n) is 8.55. The highest BCUT2D eigenvalue weighted by atomic mass is 16.1. The Bertz CT molecular complexity index is 236. The molecule has 0 spiro atoms. The van der Waals surface area contributed by atoms with Crippen molar-refractivity contribution in [3.05, 3.63) is 23.8 Å². The third-order valence-corrected chi connectivity index (χ3v) is 2.45. The van der Waals surface area contributed by atoms with Gasteiger partial charge in [0.2, 0.25) is 0 Å². The van der Waals surface area contributed by atoms with Crippen LogP contribution in [-0.2, 0) is 4.79 Å². The Labute approximate surface area is 80.5 Å². The number of carbonyl (C=O) groups is 1. The van der Waals surface area contributed by atoms with Crippen LogP contribution >= 0.6 is 0 Å². The molecule has 0 N–H and O–H groups in total. The molecule has 0 saturated heterocycles. The van der Waals surface area contributed by atoms with E-state index >= 15 is 0 Å². The predicted molar refractivity (Wildman–Crippen MR) is 55.5 cm³/mol. The lowest BCUT2D eigenvalue weighted by molar-refractivity contribution is -0.116. The van der Waals surface area contributed by atoms with Crippen LogP contribution in [0, 0.1) is 5.92 Å². The predicted octanol–water partition coefficient (Wildman–Crippen LogP) is 3.27. The molecule has 0 bridgehead atoms.